The lowest BCUT2D eigenvalue weighted by molar-refractivity contribution is 0.0145. The minimum atomic E-state index is -0.192. The lowest BCUT2D eigenvalue weighted by Gasteiger charge is -2.32. The zero-order chi connectivity index (χ0) is 24.0. The molecule has 3 aromatic rings. The largest absolute Gasteiger partial charge is 0.381 e. The summed E-state index contributed by atoms with van der Waals surface area (Å²) in [7, 11) is 0. The Labute approximate surface area is 208 Å². The molecule has 0 bridgehead atoms. The molecular formula is C30H36N2O3. The first-order chi connectivity index (χ1) is 17.2. The molecule has 1 heterocycles. The maximum Gasteiger partial charge on any atom is 0.274 e. The van der Waals surface area contributed by atoms with Crippen LogP contribution in [0.15, 0.2) is 66.7 Å². The van der Waals surface area contributed by atoms with Crippen molar-refractivity contribution in [3.8, 4) is 0 Å². The van der Waals surface area contributed by atoms with Gasteiger partial charge in [-0.25, -0.2) is 5.48 Å². The smallest absolute Gasteiger partial charge is 0.274 e. The maximum absolute atomic E-state index is 12.4. The van der Waals surface area contributed by atoms with Crippen LogP contribution in [-0.2, 0) is 9.57 Å². The third-order valence-electron chi connectivity index (χ3n) is 7.60. The van der Waals surface area contributed by atoms with Gasteiger partial charge in [-0.1, -0.05) is 61.0 Å². The number of rotatable bonds is 8. The topological polar surface area (TPSA) is 59.6 Å². The van der Waals surface area contributed by atoms with Crippen molar-refractivity contribution >= 4 is 16.7 Å². The number of carbonyl (C=O) groups is 1. The van der Waals surface area contributed by atoms with Crippen molar-refractivity contribution in [2.45, 2.75) is 57.0 Å². The van der Waals surface area contributed by atoms with E-state index in [0.717, 1.165) is 19.4 Å². The molecular weight excluding hydrogens is 436 g/mol. The van der Waals surface area contributed by atoms with Crippen LogP contribution in [0.25, 0.3) is 10.8 Å². The standard InChI is InChI=1S/C30H36N2O3/c1-21(28-11-5-7-24-6-2-3-10-29(24)28)31-27-9-4-8-26(18-27)23-12-14-25(15-13-23)30(33)32-35-20-22-16-17-34-19-22/h2-3,5-7,10-15,21-22,26-27,31H,4,8-9,16-20H2,1H3,(H,32,33)/t21-,22?,26+,27?/m1/s1. The number of ether oxygens (including phenoxy) is 1. The quantitative estimate of drug-likeness (QED) is 0.400. The normalized spacial score (nSPS) is 23.3. The van der Waals surface area contributed by atoms with Crippen molar-refractivity contribution in [2.24, 2.45) is 5.92 Å². The summed E-state index contributed by atoms with van der Waals surface area (Å²) in [5.74, 6) is 0.688. The van der Waals surface area contributed by atoms with Gasteiger partial charge in [-0.3, -0.25) is 9.63 Å². The number of hydrogen-bond donors (Lipinski definition) is 2. The third-order valence-corrected chi connectivity index (χ3v) is 7.60. The van der Waals surface area contributed by atoms with Crippen LogP contribution in [-0.4, -0.2) is 31.8 Å². The first-order valence-corrected chi connectivity index (χ1v) is 13.0. The zero-order valence-electron chi connectivity index (χ0n) is 20.5. The molecule has 2 aliphatic rings. The number of amides is 1. The van der Waals surface area contributed by atoms with Crippen LogP contribution in [0.2, 0.25) is 0 Å². The van der Waals surface area contributed by atoms with Gasteiger partial charge in [0.2, 0.25) is 0 Å². The van der Waals surface area contributed by atoms with E-state index in [2.05, 4.69) is 72.3 Å². The van der Waals surface area contributed by atoms with Gasteiger partial charge in [-0.2, -0.15) is 0 Å². The maximum atomic E-state index is 12.4. The second kappa shape index (κ2) is 11.3. The van der Waals surface area contributed by atoms with Gasteiger partial charge in [0.05, 0.1) is 13.2 Å². The Kier molecular flexibility index (Phi) is 7.77. The van der Waals surface area contributed by atoms with Gasteiger partial charge >= 0.3 is 0 Å². The highest BCUT2D eigenvalue weighted by Gasteiger charge is 2.25. The number of fused-ring (bicyclic) bond motifs is 1. The summed E-state index contributed by atoms with van der Waals surface area (Å²) >= 11 is 0. The van der Waals surface area contributed by atoms with Crippen LogP contribution in [0.3, 0.4) is 0 Å². The van der Waals surface area contributed by atoms with Crippen LogP contribution in [0, 0.1) is 5.92 Å². The highest BCUT2D eigenvalue weighted by molar-refractivity contribution is 5.93. The Morgan fingerprint density at radius 1 is 1.03 bits per heavy atom. The Morgan fingerprint density at radius 2 is 1.86 bits per heavy atom. The molecule has 0 radical (unpaired) electrons. The molecule has 2 N–H and O–H groups in total. The molecule has 1 aliphatic heterocycles. The minimum Gasteiger partial charge on any atom is -0.381 e. The third kappa shape index (κ3) is 5.92. The van der Waals surface area contributed by atoms with Crippen LogP contribution in [0.5, 0.6) is 0 Å². The van der Waals surface area contributed by atoms with Crippen molar-refractivity contribution < 1.29 is 14.4 Å². The second-order valence-corrected chi connectivity index (χ2v) is 10.1. The molecule has 1 aliphatic carbocycles. The molecule has 5 heteroatoms. The molecule has 5 nitrogen and oxygen atoms in total. The van der Waals surface area contributed by atoms with Gasteiger partial charge in [0.15, 0.2) is 0 Å². The van der Waals surface area contributed by atoms with Crippen molar-refractivity contribution in [1.29, 1.82) is 0 Å². The van der Waals surface area contributed by atoms with Gasteiger partial charge < -0.3 is 10.1 Å². The van der Waals surface area contributed by atoms with E-state index < -0.39 is 0 Å². The first-order valence-electron chi connectivity index (χ1n) is 13.0. The highest BCUT2D eigenvalue weighted by atomic mass is 16.7. The van der Waals surface area contributed by atoms with E-state index in [4.69, 9.17) is 9.57 Å². The Hall–Kier alpha value is -2.73. The second-order valence-electron chi connectivity index (χ2n) is 10.1. The number of benzene rings is 3. The van der Waals surface area contributed by atoms with Crippen LogP contribution in [0.1, 0.15) is 72.5 Å². The van der Waals surface area contributed by atoms with Crippen LogP contribution in [0.4, 0.5) is 0 Å². The Balaban J connectivity index is 1.16. The molecule has 3 aromatic carbocycles. The van der Waals surface area contributed by atoms with Crippen molar-refractivity contribution in [2.75, 3.05) is 19.8 Å². The highest BCUT2D eigenvalue weighted by Crippen LogP contribution is 2.34. The average molecular weight is 473 g/mol. The molecule has 35 heavy (non-hydrogen) atoms. The Bertz CT molecular complexity index is 1120. The van der Waals surface area contributed by atoms with Crippen molar-refractivity contribution in [1.82, 2.24) is 10.8 Å². The lowest BCUT2D eigenvalue weighted by atomic mass is 9.80. The monoisotopic (exact) mass is 472 g/mol. The number of hydrogen-bond acceptors (Lipinski definition) is 4. The van der Waals surface area contributed by atoms with E-state index in [1.54, 1.807) is 0 Å². The lowest BCUT2D eigenvalue weighted by Crippen LogP contribution is -2.35. The zero-order valence-corrected chi connectivity index (χ0v) is 20.5. The molecule has 4 atom stereocenters. The summed E-state index contributed by atoms with van der Waals surface area (Å²) in [6.45, 7) is 4.27. The fraction of sp³-hybridized carbons (Fsp3) is 0.433. The predicted molar refractivity (Wildman–Crippen MR) is 139 cm³/mol. The summed E-state index contributed by atoms with van der Waals surface area (Å²) in [6.07, 6.45) is 5.72. The molecule has 184 valence electrons. The van der Waals surface area contributed by atoms with Gasteiger partial charge in [0.25, 0.3) is 5.91 Å². The minimum absolute atomic E-state index is 0.192. The van der Waals surface area contributed by atoms with E-state index in [1.807, 2.05) is 12.1 Å². The molecule has 2 fully saturated rings. The van der Waals surface area contributed by atoms with E-state index in [-0.39, 0.29) is 5.91 Å². The van der Waals surface area contributed by atoms with Crippen LogP contribution < -0.4 is 10.8 Å². The summed E-state index contributed by atoms with van der Waals surface area (Å²) in [5, 5.41) is 6.54. The summed E-state index contributed by atoms with van der Waals surface area (Å²) in [5.41, 5.74) is 5.89. The van der Waals surface area contributed by atoms with E-state index >= 15 is 0 Å². The molecule has 1 saturated carbocycles. The van der Waals surface area contributed by atoms with E-state index in [9.17, 15) is 4.79 Å². The predicted octanol–water partition coefficient (Wildman–Crippen LogP) is 5.91. The molecule has 0 aromatic heterocycles. The molecule has 0 spiro atoms. The van der Waals surface area contributed by atoms with Gasteiger partial charge in [0, 0.05) is 30.2 Å². The fourth-order valence-electron chi connectivity index (χ4n) is 5.62. The Morgan fingerprint density at radius 3 is 2.69 bits per heavy atom. The average Bonchev–Trinajstić information content (AvgIpc) is 3.42. The van der Waals surface area contributed by atoms with Crippen LogP contribution >= 0.6 is 0 Å². The first kappa shape index (κ1) is 24.0. The number of hydroxylamine groups is 1. The molecule has 1 amide bonds. The molecule has 2 unspecified atom stereocenters. The SMILES string of the molecule is C[C@@H](NC1CCC[C@H](c2ccc(C(=O)NOCC3CCOC3)cc2)C1)c1cccc2ccccc12. The van der Waals surface area contributed by atoms with Crippen molar-refractivity contribution in [3.63, 3.8) is 0 Å². The van der Waals surface area contributed by atoms with E-state index in [1.165, 1.54) is 41.2 Å². The molecule has 1 saturated heterocycles. The summed E-state index contributed by atoms with van der Waals surface area (Å²) in [4.78, 5) is 17.8. The molecule has 5 rings (SSSR count). The number of carbonyl (C=O) groups excluding carboxylic acids is 1. The van der Waals surface area contributed by atoms with Crippen molar-refractivity contribution in [3.05, 3.63) is 83.4 Å². The van der Waals surface area contributed by atoms with Gasteiger partial charge in [0.1, 0.15) is 0 Å². The summed E-state index contributed by atoms with van der Waals surface area (Å²) < 4.78 is 5.34. The summed E-state index contributed by atoms with van der Waals surface area (Å²) in [6, 6.07) is 24.1. The number of nitrogens with one attached hydrogen (secondary N) is 2. The van der Waals surface area contributed by atoms with Gasteiger partial charge in [-0.15, -0.1) is 0 Å². The van der Waals surface area contributed by atoms with Gasteiger partial charge in [-0.05, 0) is 72.6 Å². The fourth-order valence-corrected chi connectivity index (χ4v) is 5.62. The van der Waals surface area contributed by atoms with E-state index in [0.29, 0.717) is 42.7 Å².